The third-order valence-electron chi connectivity index (χ3n) is 1.84. The van der Waals surface area contributed by atoms with Crippen molar-refractivity contribution in [1.29, 1.82) is 0 Å². The van der Waals surface area contributed by atoms with Crippen LogP contribution in [0.15, 0.2) is 48.6 Å². The highest BCUT2D eigenvalue weighted by Crippen LogP contribution is 2.29. The molecule has 0 aliphatic carbocycles. The van der Waals surface area contributed by atoms with E-state index < -0.39 is 11.7 Å². The zero-order chi connectivity index (χ0) is 12.0. The number of hydrogen-bond donors (Lipinski definition) is 0. The molecule has 0 aliphatic heterocycles. The van der Waals surface area contributed by atoms with Crippen LogP contribution < -0.4 is 0 Å². The van der Waals surface area contributed by atoms with E-state index in [1.54, 1.807) is 30.4 Å². The summed E-state index contributed by atoms with van der Waals surface area (Å²) in [4.78, 5) is 0. The number of allylic oxidation sites excluding steroid dienone is 4. The van der Waals surface area contributed by atoms with Crippen LogP contribution in [0, 0.1) is 6.58 Å². The van der Waals surface area contributed by atoms with Crippen molar-refractivity contribution in [2.75, 3.05) is 0 Å². The first-order valence-electron chi connectivity index (χ1n) is 4.59. The molecule has 0 N–H and O–H groups in total. The Labute approximate surface area is 92.4 Å². The van der Waals surface area contributed by atoms with Crippen molar-refractivity contribution in [3.8, 4) is 0 Å². The fraction of sp³-hybridized carbons (Fsp3) is 0.0769. The topological polar surface area (TPSA) is 0 Å². The summed E-state index contributed by atoms with van der Waals surface area (Å²) >= 11 is 0. The summed E-state index contributed by atoms with van der Waals surface area (Å²) in [5.41, 5.74) is -0.152. The molecule has 0 fully saturated rings. The molecule has 1 aromatic carbocycles. The largest absolute Gasteiger partial charge is 0.416 e. The molecule has 0 saturated carbocycles. The lowest BCUT2D eigenvalue weighted by Gasteiger charge is -2.06. The van der Waals surface area contributed by atoms with E-state index in [0.29, 0.717) is 5.56 Å². The first-order chi connectivity index (χ1) is 7.54. The average Bonchev–Trinajstić information content (AvgIpc) is 2.24. The highest BCUT2D eigenvalue weighted by atomic mass is 19.4. The van der Waals surface area contributed by atoms with Gasteiger partial charge >= 0.3 is 6.18 Å². The molecule has 0 unspecified atom stereocenters. The van der Waals surface area contributed by atoms with Crippen LogP contribution in [-0.4, -0.2) is 0 Å². The molecular weight excluding hydrogens is 213 g/mol. The van der Waals surface area contributed by atoms with Crippen molar-refractivity contribution in [3.63, 3.8) is 0 Å². The Kier molecular flexibility index (Phi) is 4.11. The van der Waals surface area contributed by atoms with Crippen molar-refractivity contribution < 1.29 is 13.2 Å². The molecule has 16 heavy (non-hydrogen) atoms. The predicted octanol–water partition coefficient (Wildman–Crippen LogP) is 4.26. The lowest BCUT2D eigenvalue weighted by Crippen LogP contribution is -2.04. The van der Waals surface area contributed by atoms with E-state index in [9.17, 15) is 13.2 Å². The van der Waals surface area contributed by atoms with Crippen LogP contribution in [0.2, 0.25) is 0 Å². The Bertz CT molecular complexity index is 411. The molecule has 0 spiro atoms. The van der Waals surface area contributed by atoms with Gasteiger partial charge < -0.3 is 0 Å². The summed E-state index contributed by atoms with van der Waals surface area (Å²) < 4.78 is 37.1. The van der Waals surface area contributed by atoms with Crippen LogP contribution in [0.25, 0.3) is 6.08 Å². The van der Waals surface area contributed by atoms with Crippen molar-refractivity contribution in [1.82, 2.24) is 0 Å². The van der Waals surface area contributed by atoms with Gasteiger partial charge in [-0.1, -0.05) is 49.1 Å². The molecule has 0 saturated heterocycles. The standard InChI is InChI=1S/C13H10F3/c1-2-3-4-5-7-11-8-6-9-12(10-11)13(14,15)16/h1-10H. The first kappa shape index (κ1) is 12.3. The normalized spacial score (nSPS) is 12.4. The number of halogens is 3. The van der Waals surface area contributed by atoms with Gasteiger partial charge in [-0.25, -0.2) is 0 Å². The van der Waals surface area contributed by atoms with E-state index in [-0.39, 0.29) is 0 Å². The minimum Gasteiger partial charge on any atom is -0.166 e. The maximum absolute atomic E-state index is 12.4. The second-order valence-electron chi connectivity index (χ2n) is 3.06. The minimum atomic E-state index is -4.30. The smallest absolute Gasteiger partial charge is 0.166 e. The Hall–Kier alpha value is -1.77. The molecule has 0 bridgehead atoms. The number of rotatable bonds is 3. The highest BCUT2D eigenvalue weighted by molar-refractivity contribution is 5.52. The number of hydrogen-bond acceptors (Lipinski definition) is 0. The fourth-order valence-corrected chi connectivity index (χ4v) is 1.11. The van der Waals surface area contributed by atoms with Gasteiger partial charge in [-0.15, -0.1) is 0 Å². The van der Waals surface area contributed by atoms with Gasteiger partial charge in [-0.3, -0.25) is 0 Å². The summed E-state index contributed by atoms with van der Waals surface area (Å²) in [6.07, 6.45) is 3.47. The van der Waals surface area contributed by atoms with Crippen molar-refractivity contribution in [2.45, 2.75) is 6.18 Å². The average molecular weight is 223 g/mol. The summed E-state index contributed by atoms with van der Waals surface area (Å²) in [6, 6.07) is 5.12. The van der Waals surface area contributed by atoms with E-state index in [4.69, 9.17) is 6.58 Å². The SMILES string of the molecule is [CH]=CC=CC=Cc1cccc(C(F)(F)F)c1. The zero-order valence-electron chi connectivity index (χ0n) is 8.41. The van der Waals surface area contributed by atoms with Crippen molar-refractivity contribution in [2.24, 2.45) is 0 Å². The van der Waals surface area contributed by atoms with Gasteiger partial charge in [-0.05, 0) is 17.7 Å². The molecule has 0 aromatic heterocycles. The molecule has 0 heterocycles. The molecule has 1 aromatic rings. The molecular formula is C13H10F3. The van der Waals surface area contributed by atoms with Crippen LogP contribution >= 0.6 is 0 Å². The fourth-order valence-electron chi connectivity index (χ4n) is 1.11. The lowest BCUT2D eigenvalue weighted by molar-refractivity contribution is -0.137. The number of benzene rings is 1. The zero-order valence-corrected chi connectivity index (χ0v) is 8.41. The summed E-state index contributed by atoms with van der Waals surface area (Å²) in [7, 11) is 0. The van der Waals surface area contributed by atoms with Crippen molar-refractivity contribution >= 4 is 6.08 Å². The number of alkyl halides is 3. The van der Waals surface area contributed by atoms with Gasteiger partial charge in [0.25, 0.3) is 0 Å². The molecule has 83 valence electrons. The summed E-state index contributed by atoms with van der Waals surface area (Å²) in [5.74, 6) is 0. The van der Waals surface area contributed by atoms with E-state index in [2.05, 4.69) is 0 Å². The van der Waals surface area contributed by atoms with Crippen LogP contribution in [-0.2, 0) is 6.18 Å². The van der Waals surface area contributed by atoms with E-state index >= 15 is 0 Å². The van der Waals surface area contributed by atoms with E-state index in [1.165, 1.54) is 12.1 Å². The Balaban J connectivity index is 2.87. The Morgan fingerprint density at radius 1 is 1.06 bits per heavy atom. The third kappa shape index (κ3) is 3.77. The summed E-state index contributed by atoms with van der Waals surface area (Å²) in [5, 5.41) is 0. The molecule has 3 heteroatoms. The molecule has 0 atom stereocenters. The van der Waals surface area contributed by atoms with Crippen LogP contribution in [0.4, 0.5) is 13.2 Å². The Morgan fingerprint density at radius 2 is 1.81 bits per heavy atom. The highest BCUT2D eigenvalue weighted by Gasteiger charge is 2.30. The van der Waals surface area contributed by atoms with Crippen LogP contribution in [0.5, 0.6) is 0 Å². The quantitative estimate of drug-likeness (QED) is 0.671. The van der Waals surface area contributed by atoms with Crippen molar-refractivity contribution in [3.05, 3.63) is 66.3 Å². The molecule has 0 nitrogen and oxygen atoms in total. The second kappa shape index (κ2) is 5.35. The minimum absolute atomic E-state index is 0.497. The van der Waals surface area contributed by atoms with Gasteiger partial charge in [0, 0.05) is 0 Å². The second-order valence-corrected chi connectivity index (χ2v) is 3.06. The third-order valence-corrected chi connectivity index (χ3v) is 1.84. The van der Waals surface area contributed by atoms with Gasteiger partial charge in [0.1, 0.15) is 0 Å². The molecule has 1 rings (SSSR count). The predicted molar refractivity (Wildman–Crippen MR) is 58.5 cm³/mol. The first-order valence-corrected chi connectivity index (χ1v) is 4.59. The van der Waals surface area contributed by atoms with Crippen LogP contribution in [0.1, 0.15) is 11.1 Å². The van der Waals surface area contributed by atoms with Crippen LogP contribution in [0.3, 0.4) is 0 Å². The Morgan fingerprint density at radius 3 is 2.44 bits per heavy atom. The molecule has 1 radical (unpaired) electrons. The molecule has 0 aliphatic rings. The maximum atomic E-state index is 12.4. The van der Waals surface area contributed by atoms with Gasteiger partial charge in [-0.2, -0.15) is 13.2 Å². The molecule has 0 amide bonds. The van der Waals surface area contributed by atoms with E-state index in [1.807, 2.05) is 0 Å². The summed E-state index contributed by atoms with van der Waals surface area (Å²) in [6.45, 7) is 5.09. The van der Waals surface area contributed by atoms with Gasteiger partial charge in [0.05, 0.1) is 5.56 Å². The van der Waals surface area contributed by atoms with Gasteiger partial charge in [0.2, 0.25) is 0 Å². The maximum Gasteiger partial charge on any atom is 0.416 e. The van der Waals surface area contributed by atoms with Gasteiger partial charge in [0.15, 0.2) is 0 Å². The van der Waals surface area contributed by atoms with E-state index in [0.717, 1.165) is 12.1 Å². The monoisotopic (exact) mass is 223 g/mol. The lowest BCUT2D eigenvalue weighted by atomic mass is 10.1.